The molecule has 1 aromatic carbocycles. The van der Waals surface area contributed by atoms with Crippen molar-refractivity contribution in [2.45, 2.75) is 32.1 Å². The van der Waals surface area contributed by atoms with Gasteiger partial charge in [-0.2, -0.15) is 0 Å². The zero-order valence-electron chi connectivity index (χ0n) is 15.9. The minimum atomic E-state index is -0.0276. The van der Waals surface area contributed by atoms with Gasteiger partial charge >= 0.3 is 0 Å². The van der Waals surface area contributed by atoms with Gasteiger partial charge in [-0.1, -0.05) is 0 Å². The molecule has 0 radical (unpaired) electrons. The van der Waals surface area contributed by atoms with Crippen LogP contribution < -0.4 is 15.8 Å². The molecule has 0 spiro atoms. The van der Waals surface area contributed by atoms with Crippen LogP contribution in [0, 0.1) is 5.92 Å². The Morgan fingerprint density at radius 2 is 1.82 bits per heavy atom. The summed E-state index contributed by atoms with van der Waals surface area (Å²) >= 11 is 0. The summed E-state index contributed by atoms with van der Waals surface area (Å²) in [6, 6.07) is 8.16. The van der Waals surface area contributed by atoms with Gasteiger partial charge in [0.2, 0.25) is 11.9 Å². The molecule has 3 aliphatic rings. The van der Waals surface area contributed by atoms with E-state index in [-0.39, 0.29) is 5.56 Å². The Labute approximate surface area is 163 Å². The Balaban J connectivity index is 1.22. The Hall–Kier alpha value is -2.83. The molecule has 2 fully saturated rings. The number of carbonyl (C=O) groups is 1. The molecule has 5 rings (SSSR count). The number of hydrogen-bond donors (Lipinski definition) is 2. The fourth-order valence-corrected chi connectivity index (χ4v) is 4.17. The molecule has 1 amide bonds. The Morgan fingerprint density at radius 3 is 2.54 bits per heavy atom. The summed E-state index contributed by atoms with van der Waals surface area (Å²) in [5.41, 5.74) is 3.77. The molecule has 2 N–H and O–H groups in total. The minimum Gasteiger partial charge on any atom is -0.368 e. The number of carbonyl (C=O) groups excluding carboxylic acids is 1. The molecule has 1 aliphatic heterocycles. The second kappa shape index (κ2) is 6.96. The lowest BCUT2D eigenvalue weighted by Crippen LogP contribution is -2.49. The van der Waals surface area contributed by atoms with Crippen LogP contribution in [0.3, 0.4) is 0 Å². The van der Waals surface area contributed by atoms with Crippen LogP contribution >= 0.6 is 0 Å². The van der Waals surface area contributed by atoms with E-state index >= 15 is 0 Å². The first kappa shape index (κ1) is 17.3. The largest absolute Gasteiger partial charge is 0.368 e. The van der Waals surface area contributed by atoms with Crippen molar-refractivity contribution in [1.29, 1.82) is 0 Å². The summed E-state index contributed by atoms with van der Waals surface area (Å²) < 4.78 is 0. The molecule has 28 heavy (non-hydrogen) atoms. The van der Waals surface area contributed by atoms with Crippen molar-refractivity contribution in [3.63, 3.8) is 0 Å². The van der Waals surface area contributed by atoms with E-state index in [0.29, 0.717) is 17.8 Å². The second-order valence-electron chi connectivity index (χ2n) is 7.95. The Morgan fingerprint density at radius 1 is 1.07 bits per heavy atom. The molecule has 1 saturated carbocycles. The van der Waals surface area contributed by atoms with Gasteiger partial charge in [-0.15, -0.1) is 0 Å². The molecular weight excluding hydrogens is 354 g/mol. The van der Waals surface area contributed by atoms with Crippen LogP contribution in [0.4, 0.5) is 17.3 Å². The second-order valence-corrected chi connectivity index (χ2v) is 7.95. The summed E-state index contributed by atoms with van der Waals surface area (Å²) in [5.74, 6) is 1.15. The number of fused-ring (bicyclic) bond motifs is 1. The fraction of sp³-hybridized carbons (Fsp3) is 0.476. The van der Waals surface area contributed by atoms with Crippen molar-refractivity contribution in [2.24, 2.45) is 5.92 Å². The summed E-state index contributed by atoms with van der Waals surface area (Å²) in [5, 5.41) is 3.21. The van der Waals surface area contributed by atoms with Gasteiger partial charge in [-0.3, -0.25) is 14.6 Å². The number of anilines is 3. The molecule has 0 bridgehead atoms. The van der Waals surface area contributed by atoms with E-state index in [1.165, 1.54) is 0 Å². The van der Waals surface area contributed by atoms with E-state index in [4.69, 9.17) is 0 Å². The van der Waals surface area contributed by atoms with E-state index in [2.05, 4.69) is 32.3 Å². The maximum absolute atomic E-state index is 12.2. The number of aromatic nitrogens is 2. The zero-order chi connectivity index (χ0) is 19.1. The highest BCUT2D eigenvalue weighted by atomic mass is 16.2. The molecular formula is C21H25N5O2. The van der Waals surface area contributed by atoms with Crippen molar-refractivity contribution in [1.82, 2.24) is 14.9 Å². The number of piperazine rings is 1. The van der Waals surface area contributed by atoms with E-state index in [1.807, 2.05) is 17.0 Å². The van der Waals surface area contributed by atoms with Crippen LogP contribution in [-0.4, -0.2) is 47.0 Å². The van der Waals surface area contributed by atoms with Crippen molar-refractivity contribution in [3.05, 3.63) is 45.9 Å². The standard InChI is InChI=1S/C21H25N5O2/c27-19-17-2-1-3-18(17)23-21(24-19)22-15-6-8-16(9-7-15)25-10-12-26(13-11-25)20(28)14-4-5-14/h6-9,14H,1-5,10-13H2,(H2,22,23,24,27). The molecule has 7 heteroatoms. The number of aromatic amines is 1. The van der Waals surface area contributed by atoms with Crippen molar-refractivity contribution in [3.8, 4) is 0 Å². The third-order valence-electron chi connectivity index (χ3n) is 5.95. The third-order valence-corrected chi connectivity index (χ3v) is 5.95. The van der Waals surface area contributed by atoms with Crippen molar-refractivity contribution < 1.29 is 4.79 Å². The maximum atomic E-state index is 12.2. The van der Waals surface area contributed by atoms with Crippen LogP contribution in [0.2, 0.25) is 0 Å². The molecule has 146 valence electrons. The monoisotopic (exact) mass is 379 g/mol. The lowest BCUT2D eigenvalue weighted by molar-refractivity contribution is -0.132. The highest BCUT2D eigenvalue weighted by molar-refractivity contribution is 5.81. The normalized spacial score (nSPS) is 18.9. The first-order valence-electron chi connectivity index (χ1n) is 10.2. The highest BCUT2D eigenvalue weighted by Gasteiger charge is 2.34. The summed E-state index contributed by atoms with van der Waals surface area (Å²) in [6.45, 7) is 3.33. The van der Waals surface area contributed by atoms with Crippen molar-refractivity contribution in [2.75, 3.05) is 36.4 Å². The average Bonchev–Trinajstić information content (AvgIpc) is 3.46. The minimum absolute atomic E-state index is 0.0276. The number of nitrogens with zero attached hydrogens (tertiary/aromatic N) is 3. The highest BCUT2D eigenvalue weighted by Crippen LogP contribution is 2.31. The maximum Gasteiger partial charge on any atom is 0.255 e. The lowest BCUT2D eigenvalue weighted by atomic mass is 10.2. The topological polar surface area (TPSA) is 81.3 Å². The predicted molar refractivity (Wildman–Crippen MR) is 108 cm³/mol. The number of hydrogen-bond acceptors (Lipinski definition) is 5. The molecule has 2 aromatic rings. The van der Waals surface area contributed by atoms with Crippen LogP contribution in [0.25, 0.3) is 0 Å². The quantitative estimate of drug-likeness (QED) is 0.850. The first-order chi connectivity index (χ1) is 13.7. The fourth-order valence-electron chi connectivity index (χ4n) is 4.17. The van der Waals surface area contributed by atoms with Gasteiger partial charge in [-0.05, 0) is 56.4 Å². The summed E-state index contributed by atoms with van der Waals surface area (Å²) in [4.78, 5) is 36.0. The number of rotatable bonds is 4. The van der Waals surface area contributed by atoms with E-state index in [9.17, 15) is 9.59 Å². The van der Waals surface area contributed by atoms with Gasteiger partial charge in [0, 0.05) is 49.0 Å². The average molecular weight is 379 g/mol. The molecule has 0 unspecified atom stereocenters. The molecule has 2 heterocycles. The number of benzene rings is 1. The molecule has 7 nitrogen and oxygen atoms in total. The predicted octanol–water partition coefficient (Wildman–Crippen LogP) is 2.06. The number of nitrogens with one attached hydrogen (secondary N) is 2. The zero-order valence-corrected chi connectivity index (χ0v) is 15.9. The number of amides is 1. The first-order valence-corrected chi connectivity index (χ1v) is 10.2. The Bertz CT molecular complexity index is 940. The summed E-state index contributed by atoms with van der Waals surface area (Å²) in [7, 11) is 0. The lowest BCUT2D eigenvalue weighted by Gasteiger charge is -2.36. The van der Waals surface area contributed by atoms with Crippen LogP contribution in [0.5, 0.6) is 0 Å². The van der Waals surface area contributed by atoms with Gasteiger partial charge < -0.3 is 15.1 Å². The molecule has 1 aromatic heterocycles. The SMILES string of the molecule is O=C(C1CC1)N1CCN(c2ccc(Nc3nc4c(c(=O)[nH]3)CCC4)cc2)CC1. The molecule has 1 saturated heterocycles. The van der Waals surface area contributed by atoms with Crippen LogP contribution in [0.15, 0.2) is 29.1 Å². The smallest absolute Gasteiger partial charge is 0.255 e. The van der Waals surface area contributed by atoms with E-state index < -0.39 is 0 Å². The number of H-pyrrole nitrogens is 1. The molecule has 0 atom stereocenters. The third kappa shape index (κ3) is 3.37. The van der Waals surface area contributed by atoms with E-state index in [1.54, 1.807) is 0 Å². The van der Waals surface area contributed by atoms with E-state index in [0.717, 1.165) is 80.9 Å². The van der Waals surface area contributed by atoms with Gasteiger partial charge in [-0.25, -0.2) is 4.98 Å². The van der Waals surface area contributed by atoms with Gasteiger partial charge in [0.15, 0.2) is 0 Å². The summed E-state index contributed by atoms with van der Waals surface area (Å²) in [6.07, 6.45) is 4.84. The van der Waals surface area contributed by atoms with Crippen molar-refractivity contribution >= 4 is 23.2 Å². The van der Waals surface area contributed by atoms with Gasteiger partial charge in [0.1, 0.15) is 0 Å². The Kier molecular flexibility index (Phi) is 4.30. The van der Waals surface area contributed by atoms with Crippen LogP contribution in [-0.2, 0) is 17.6 Å². The molecule has 2 aliphatic carbocycles. The van der Waals surface area contributed by atoms with Gasteiger partial charge in [0.25, 0.3) is 5.56 Å². The van der Waals surface area contributed by atoms with Gasteiger partial charge in [0.05, 0.1) is 5.69 Å². The van der Waals surface area contributed by atoms with Crippen LogP contribution in [0.1, 0.15) is 30.5 Å². The number of aryl methyl sites for hydroxylation is 1.